The highest BCUT2D eigenvalue weighted by atomic mass is 16.6. The van der Waals surface area contributed by atoms with Gasteiger partial charge in [0.1, 0.15) is 24.0 Å². The molecule has 8 heteroatoms. The van der Waals surface area contributed by atoms with Crippen LogP contribution in [-0.4, -0.2) is 47.3 Å². The van der Waals surface area contributed by atoms with Gasteiger partial charge in [-0.05, 0) is 31.9 Å². The molecule has 1 fully saturated rings. The van der Waals surface area contributed by atoms with E-state index in [1.54, 1.807) is 6.92 Å². The average molecular weight is 440 g/mol. The van der Waals surface area contributed by atoms with Crippen molar-refractivity contribution >= 4 is 11.9 Å². The molecule has 1 amide bonds. The first-order valence-electron chi connectivity index (χ1n) is 10.5. The number of nitrogens with zero attached hydrogens (tertiary/aromatic N) is 1. The Bertz CT molecular complexity index is 949. The van der Waals surface area contributed by atoms with Crippen LogP contribution in [0.25, 0.3) is 0 Å². The molecule has 0 spiro atoms. The van der Waals surface area contributed by atoms with Crippen LogP contribution in [0, 0.1) is 5.92 Å². The van der Waals surface area contributed by atoms with Crippen LogP contribution in [0.4, 0.5) is 0 Å². The fourth-order valence-corrected chi connectivity index (χ4v) is 3.74. The Morgan fingerprint density at radius 1 is 1.28 bits per heavy atom. The number of hydrogen-bond acceptors (Lipinski definition) is 7. The Labute approximate surface area is 187 Å². The molecule has 1 aromatic heterocycles. The monoisotopic (exact) mass is 440 g/mol. The number of methoxy groups -OCH3 is 1. The summed E-state index contributed by atoms with van der Waals surface area (Å²) in [6.45, 7) is 5.69. The van der Waals surface area contributed by atoms with Gasteiger partial charge in [0, 0.05) is 18.2 Å². The largest absolute Gasteiger partial charge is 0.503 e. The standard InChI is InChI=1S/C24H28N2O6/c1-4-16-9-8-12-18(26-23(28)20-21(27)19(30-3)13-14-25-20)24(29)31-15(2)22(16)32-17-10-6-5-7-11-17/h4-7,10-11,13-16,18,22,27H,1,8-9,12H2,2-3H3,(H,26,28). The van der Waals surface area contributed by atoms with Crippen molar-refractivity contribution in [2.24, 2.45) is 5.92 Å². The number of ether oxygens (including phenoxy) is 3. The van der Waals surface area contributed by atoms with Crippen molar-refractivity contribution in [3.8, 4) is 17.2 Å². The molecular weight excluding hydrogens is 412 g/mol. The number of cyclic esters (lactones) is 1. The lowest BCUT2D eigenvalue weighted by Crippen LogP contribution is -2.45. The number of carbonyl (C=O) groups is 2. The molecule has 2 aromatic rings. The van der Waals surface area contributed by atoms with Gasteiger partial charge in [-0.15, -0.1) is 6.58 Å². The smallest absolute Gasteiger partial charge is 0.329 e. The minimum atomic E-state index is -0.890. The third-order valence-corrected chi connectivity index (χ3v) is 5.45. The number of para-hydroxylation sites is 1. The molecule has 3 rings (SSSR count). The Hall–Kier alpha value is -3.55. The molecule has 2 N–H and O–H groups in total. The SMILES string of the molecule is C=CC1CCCC(NC(=O)c2nccc(OC)c2O)C(=O)OC(C)C1Oc1ccccc1. The minimum absolute atomic E-state index is 0.0449. The summed E-state index contributed by atoms with van der Waals surface area (Å²) in [5.41, 5.74) is -0.223. The van der Waals surface area contributed by atoms with Crippen molar-refractivity contribution in [1.29, 1.82) is 0 Å². The van der Waals surface area contributed by atoms with E-state index in [4.69, 9.17) is 14.2 Å². The Morgan fingerprint density at radius 2 is 2.03 bits per heavy atom. The summed E-state index contributed by atoms with van der Waals surface area (Å²) in [4.78, 5) is 29.5. The third-order valence-electron chi connectivity index (χ3n) is 5.45. The van der Waals surface area contributed by atoms with E-state index in [2.05, 4.69) is 16.9 Å². The quantitative estimate of drug-likeness (QED) is 0.524. The predicted molar refractivity (Wildman–Crippen MR) is 118 cm³/mol. The van der Waals surface area contributed by atoms with Crippen LogP contribution in [0.15, 0.2) is 55.3 Å². The van der Waals surface area contributed by atoms with E-state index >= 15 is 0 Å². The van der Waals surface area contributed by atoms with Crippen molar-refractivity contribution in [2.75, 3.05) is 7.11 Å². The summed E-state index contributed by atoms with van der Waals surface area (Å²) in [5.74, 6) is -0.898. The first kappa shape index (κ1) is 23.1. The van der Waals surface area contributed by atoms with Crippen LogP contribution in [-0.2, 0) is 9.53 Å². The number of aromatic nitrogens is 1. The van der Waals surface area contributed by atoms with Gasteiger partial charge in [-0.1, -0.05) is 30.7 Å². The van der Waals surface area contributed by atoms with E-state index < -0.39 is 30.1 Å². The maximum Gasteiger partial charge on any atom is 0.329 e. The van der Waals surface area contributed by atoms with E-state index in [0.717, 1.165) is 0 Å². The molecule has 1 saturated heterocycles. The fraction of sp³-hybridized carbons (Fsp3) is 0.375. The number of benzene rings is 1. The van der Waals surface area contributed by atoms with Gasteiger partial charge < -0.3 is 24.6 Å². The second-order valence-electron chi connectivity index (χ2n) is 7.60. The minimum Gasteiger partial charge on any atom is -0.503 e. The number of amides is 1. The molecular formula is C24H28N2O6. The van der Waals surface area contributed by atoms with Gasteiger partial charge in [0.05, 0.1) is 7.11 Å². The van der Waals surface area contributed by atoms with Gasteiger partial charge in [-0.25, -0.2) is 9.78 Å². The van der Waals surface area contributed by atoms with E-state index in [9.17, 15) is 14.7 Å². The zero-order valence-corrected chi connectivity index (χ0v) is 18.2. The first-order valence-corrected chi connectivity index (χ1v) is 10.5. The predicted octanol–water partition coefficient (Wildman–Crippen LogP) is 3.26. The Morgan fingerprint density at radius 3 is 2.72 bits per heavy atom. The van der Waals surface area contributed by atoms with E-state index in [-0.39, 0.29) is 23.1 Å². The Kier molecular flexibility index (Phi) is 7.70. The molecule has 2 heterocycles. The van der Waals surface area contributed by atoms with Gasteiger partial charge in [-0.2, -0.15) is 0 Å². The number of esters is 1. The number of hydrogen-bond donors (Lipinski definition) is 2. The number of nitrogens with one attached hydrogen (secondary N) is 1. The summed E-state index contributed by atoms with van der Waals surface area (Å²) in [5, 5.41) is 12.8. The van der Waals surface area contributed by atoms with Crippen LogP contribution in [0.2, 0.25) is 0 Å². The van der Waals surface area contributed by atoms with E-state index in [1.807, 2.05) is 36.4 Å². The van der Waals surface area contributed by atoms with Crippen molar-refractivity contribution in [1.82, 2.24) is 10.3 Å². The maximum atomic E-state index is 12.9. The molecule has 0 saturated carbocycles. The summed E-state index contributed by atoms with van der Waals surface area (Å²) in [6.07, 6.45) is 3.87. The average Bonchev–Trinajstić information content (AvgIpc) is 2.84. The van der Waals surface area contributed by atoms with Crippen LogP contribution in [0.3, 0.4) is 0 Å². The Balaban J connectivity index is 1.75. The lowest BCUT2D eigenvalue weighted by Gasteiger charge is -2.30. The van der Waals surface area contributed by atoms with Crippen LogP contribution < -0.4 is 14.8 Å². The number of pyridine rings is 1. The summed E-state index contributed by atoms with van der Waals surface area (Å²) in [7, 11) is 1.37. The van der Waals surface area contributed by atoms with Crippen LogP contribution >= 0.6 is 0 Å². The molecule has 1 aromatic carbocycles. The van der Waals surface area contributed by atoms with Crippen LogP contribution in [0.5, 0.6) is 17.2 Å². The van der Waals surface area contributed by atoms with Crippen LogP contribution in [0.1, 0.15) is 36.7 Å². The second kappa shape index (κ2) is 10.7. The van der Waals surface area contributed by atoms with Gasteiger partial charge in [0.2, 0.25) is 0 Å². The molecule has 1 aliphatic rings. The van der Waals surface area contributed by atoms with Gasteiger partial charge in [0.15, 0.2) is 17.2 Å². The first-order chi connectivity index (χ1) is 15.4. The number of carbonyl (C=O) groups excluding carboxylic acids is 2. The molecule has 0 aliphatic carbocycles. The van der Waals surface area contributed by atoms with E-state index in [1.165, 1.54) is 19.4 Å². The van der Waals surface area contributed by atoms with Crippen molar-refractivity contribution in [3.63, 3.8) is 0 Å². The number of rotatable bonds is 6. The zero-order valence-electron chi connectivity index (χ0n) is 18.2. The highest BCUT2D eigenvalue weighted by Gasteiger charge is 2.35. The summed E-state index contributed by atoms with van der Waals surface area (Å²) >= 11 is 0. The third kappa shape index (κ3) is 5.38. The molecule has 4 atom stereocenters. The summed E-state index contributed by atoms with van der Waals surface area (Å²) in [6, 6.07) is 9.88. The molecule has 4 unspecified atom stereocenters. The van der Waals surface area contributed by atoms with Gasteiger partial charge >= 0.3 is 5.97 Å². The second-order valence-corrected chi connectivity index (χ2v) is 7.60. The van der Waals surface area contributed by atoms with E-state index in [0.29, 0.717) is 25.0 Å². The van der Waals surface area contributed by atoms with Crippen molar-refractivity contribution in [3.05, 3.63) is 60.9 Å². The maximum absolute atomic E-state index is 12.9. The highest BCUT2D eigenvalue weighted by Crippen LogP contribution is 2.29. The topological polar surface area (TPSA) is 107 Å². The van der Waals surface area contributed by atoms with Gasteiger partial charge in [-0.3, -0.25) is 4.79 Å². The fourth-order valence-electron chi connectivity index (χ4n) is 3.74. The normalized spacial score (nSPS) is 23.6. The van der Waals surface area contributed by atoms with Crippen molar-refractivity contribution in [2.45, 2.75) is 44.4 Å². The lowest BCUT2D eigenvalue weighted by molar-refractivity contribution is -0.155. The molecule has 1 aliphatic heterocycles. The molecule has 170 valence electrons. The molecule has 0 radical (unpaired) electrons. The molecule has 8 nitrogen and oxygen atoms in total. The molecule has 0 bridgehead atoms. The zero-order chi connectivity index (χ0) is 23.1. The molecule has 32 heavy (non-hydrogen) atoms. The van der Waals surface area contributed by atoms with Gasteiger partial charge in [0.25, 0.3) is 5.91 Å². The number of aromatic hydroxyl groups is 1. The summed E-state index contributed by atoms with van der Waals surface area (Å²) < 4.78 is 16.8. The lowest BCUT2D eigenvalue weighted by atomic mass is 9.92. The van der Waals surface area contributed by atoms with Crippen molar-refractivity contribution < 1.29 is 28.9 Å². The highest BCUT2D eigenvalue weighted by molar-refractivity contribution is 5.97.